The Kier molecular flexibility index (Phi) is 2.53. The fourth-order valence-electron chi connectivity index (χ4n) is 1.83. The summed E-state index contributed by atoms with van der Waals surface area (Å²) in [4.78, 5) is 0. The Morgan fingerprint density at radius 3 is 3.06 bits per heavy atom. The largest absolute Gasteiger partial charge is 0.492 e. The zero-order chi connectivity index (χ0) is 11.0. The van der Waals surface area contributed by atoms with Gasteiger partial charge in [-0.25, -0.2) is 0 Å². The second-order valence-electron chi connectivity index (χ2n) is 3.57. The molecular formula is C11H9ClN2OS. The second-order valence-corrected chi connectivity index (χ2v) is 4.93. The van der Waals surface area contributed by atoms with Crippen molar-refractivity contribution in [1.82, 2.24) is 10.2 Å². The van der Waals surface area contributed by atoms with Crippen molar-refractivity contribution in [3.8, 4) is 5.75 Å². The molecule has 82 valence electrons. The van der Waals surface area contributed by atoms with Gasteiger partial charge in [0.1, 0.15) is 22.4 Å². The first-order valence-electron chi connectivity index (χ1n) is 4.98. The first-order chi connectivity index (χ1) is 7.88. The minimum atomic E-state index is 0.214. The zero-order valence-electron chi connectivity index (χ0n) is 8.39. The number of para-hydroxylation sites is 1. The third kappa shape index (κ3) is 1.58. The van der Waals surface area contributed by atoms with Gasteiger partial charge in [0, 0.05) is 5.56 Å². The molecule has 1 unspecified atom stereocenters. The normalized spacial score (nSPS) is 18.2. The number of nitrogens with zero attached hydrogens (tertiary/aromatic N) is 2. The van der Waals surface area contributed by atoms with Gasteiger partial charge < -0.3 is 4.74 Å². The van der Waals surface area contributed by atoms with Crippen molar-refractivity contribution in [2.75, 3.05) is 6.61 Å². The highest BCUT2D eigenvalue weighted by Crippen LogP contribution is 2.38. The van der Waals surface area contributed by atoms with Gasteiger partial charge in [0.25, 0.3) is 0 Å². The summed E-state index contributed by atoms with van der Waals surface area (Å²) in [6.45, 7) is 0.649. The molecular weight excluding hydrogens is 244 g/mol. The SMILES string of the molecule is ClCc1nnc(C2COc3ccccc32)s1. The Labute approximate surface area is 102 Å². The molecule has 1 atom stereocenters. The van der Waals surface area contributed by atoms with Crippen LogP contribution in [-0.2, 0) is 5.88 Å². The smallest absolute Gasteiger partial charge is 0.132 e. The van der Waals surface area contributed by atoms with Gasteiger partial charge >= 0.3 is 0 Å². The lowest BCUT2D eigenvalue weighted by Crippen LogP contribution is -2.01. The molecule has 1 aromatic carbocycles. The Balaban J connectivity index is 1.98. The monoisotopic (exact) mass is 252 g/mol. The van der Waals surface area contributed by atoms with E-state index in [-0.39, 0.29) is 5.92 Å². The predicted molar refractivity (Wildman–Crippen MR) is 63.2 cm³/mol. The maximum absolute atomic E-state index is 5.72. The molecule has 0 saturated heterocycles. The van der Waals surface area contributed by atoms with Crippen LogP contribution in [0.3, 0.4) is 0 Å². The molecule has 16 heavy (non-hydrogen) atoms. The van der Waals surface area contributed by atoms with Gasteiger partial charge in [-0.15, -0.1) is 21.8 Å². The molecule has 2 aromatic rings. The van der Waals surface area contributed by atoms with Gasteiger partial charge in [0.05, 0.1) is 11.8 Å². The van der Waals surface area contributed by atoms with Crippen LogP contribution in [0.1, 0.15) is 21.5 Å². The van der Waals surface area contributed by atoms with Crippen LogP contribution in [-0.4, -0.2) is 16.8 Å². The van der Waals surface area contributed by atoms with Crippen LogP contribution in [0.25, 0.3) is 0 Å². The lowest BCUT2D eigenvalue weighted by molar-refractivity contribution is 0.342. The fourth-order valence-corrected chi connectivity index (χ4v) is 2.84. The minimum absolute atomic E-state index is 0.214. The van der Waals surface area contributed by atoms with Gasteiger partial charge in [0.15, 0.2) is 0 Å². The van der Waals surface area contributed by atoms with E-state index in [1.807, 2.05) is 18.2 Å². The highest BCUT2D eigenvalue weighted by Gasteiger charge is 2.28. The van der Waals surface area contributed by atoms with Crippen molar-refractivity contribution in [3.63, 3.8) is 0 Å². The maximum atomic E-state index is 5.72. The van der Waals surface area contributed by atoms with Crippen LogP contribution in [0.4, 0.5) is 0 Å². The number of alkyl halides is 1. The molecule has 2 heterocycles. The van der Waals surface area contributed by atoms with Crippen molar-refractivity contribution in [3.05, 3.63) is 39.8 Å². The number of hydrogen-bond donors (Lipinski definition) is 0. The Hall–Kier alpha value is -1.13. The summed E-state index contributed by atoms with van der Waals surface area (Å²) in [5.41, 5.74) is 1.19. The molecule has 0 spiro atoms. The molecule has 0 fully saturated rings. The average molecular weight is 253 g/mol. The summed E-state index contributed by atoms with van der Waals surface area (Å²) in [5.74, 6) is 1.59. The van der Waals surface area contributed by atoms with Crippen LogP contribution in [0, 0.1) is 0 Å². The quantitative estimate of drug-likeness (QED) is 0.771. The highest BCUT2D eigenvalue weighted by molar-refractivity contribution is 7.11. The molecule has 0 radical (unpaired) electrons. The zero-order valence-corrected chi connectivity index (χ0v) is 9.96. The lowest BCUT2D eigenvalue weighted by atomic mass is 10.0. The van der Waals surface area contributed by atoms with Crippen LogP contribution in [0.2, 0.25) is 0 Å². The van der Waals surface area contributed by atoms with Gasteiger partial charge in [-0.3, -0.25) is 0 Å². The third-order valence-corrected chi connectivity index (χ3v) is 4.04. The van der Waals surface area contributed by atoms with E-state index in [0.29, 0.717) is 12.5 Å². The van der Waals surface area contributed by atoms with Crippen molar-refractivity contribution < 1.29 is 4.74 Å². The van der Waals surface area contributed by atoms with Crippen LogP contribution in [0.5, 0.6) is 5.75 Å². The van der Waals surface area contributed by atoms with Crippen molar-refractivity contribution in [2.24, 2.45) is 0 Å². The number of fused-ring (bicyclic) bond motifs is 1. The van der Waals surface area contributed by atoms with E-state index in [1.54, 1.807) is 11.3 Å². The fraction of sp³-hybridized carbons (Fsp3) is 0.273. The molecule has 0 saturated carbocycles. The summed E-state index contributed by atoms with van der Waals surface area (Å²) in [6.07, 6.45) is 0. The van der Waals surface area contributed by atoms with E-state index in [0.717, 1.165) is 15.8 Å². The Morgan fingerprint density at radius 2 is 2.25 bits per heavy atom. The molecule has 0 bridgehead atoms. The molecule has 1 aromatic heterocycles. The maximum Gasteiger partial charge on any atom is 0.132 e. The average Bonchev–Trinajstić information content (AvgIpc) is 2.94. The van der Waals surface area contributed by atoms with E-state index >= 15 is 0 Å². The van der Waals surface area contributed by atoms with E-state index in [2.05, 4.69) is 16.3 Å². The summed E-state index contributed by atoms with van der Waals surface area (Å²) in [5, 5.41) is 10.1. The van der Waals surface area contributed by atoms with Crippen molar-refractivity contribution >= 4 is 22.9 Å². The first kappa shape index (κ1) is 10.1. The molecule has 3 nitrogen and oxygen atoms in total. The standard InChI is InChI=1S/C11H9ClN2OS/c12-5-10-13-14-11(16-10)8-6-15-9-4-2-1-3-7(8)9/h1-4,8H,5-6H2. The van der Waals surface area contributed by atoms with Crippen molar-refractivity contribution in [1.29, 1.82) is 0 Å². The van der Waals surface area contributed by atoms with Crippen LogP contribution in [0.15, 0.2) is 24.3 Å². The Bertz CT molecular complexity index is 514. The van der Waals surface area contributed by atoms with Gasteiger partial charge in [-0.1, -0.05) is 29.5 Å². The van der Waals surface area contributed by atoms with Gasteiger partial charge in [-0.2, -0.15) is 0 Å². The van der Waals surface area contributed by atoms with E-state index in [4.69, 9.17) is 16.3 Å². The predicted octanol–water partition coefficient (Wildman–Crippen LogP) is 2.80. The highest BCUT2D eigenvalue weighted by atomic mass is 35.5. The summed E-state index contributed by atoms with van der Waals surface area (Å²) in [6, 6.07) is 8.06. The molecule has 1 aliphatic heterocycles. The van der Waals surface area contributed by atoms with Gasteiger partial charge in [-0.05, 0) is 6.07 Å². The molecule has 0 N–H and O–H groups in total. The molecule has 5 heteroatoms. The summed E-state index contributed by atoms with van der Waals surface area (Å²) in [7, 11) is 0. The minimum Gasteiger partial charge on any atom is -0.492 e. The number of rotatable bonds is 2. The number of hydrogen-bond acceptors (Lipinski definition) is 4. The first-order valence-corrected chi connectivity index (χ1v) is 6.33. The van der Waals surface area contributed by atoms with Crippen LogP contribution >= 0.6 is 22.9 Å². The second kappa shape index (κ2) is 4.03. The number of halogens is 1. The molecule has 3 rings (SSSR count). The Morgan fingerprint density at radius 1 is 1.38 bits per heavy atom. The van der Waals surface area contributed by atoms with Crippen molar-refractivity contribution in [2.45, 2.75) is 11.8 Å². The topological polar surface area (TPSA) is 35.0 Å². The van der Waals surface area contributed by atoms with E-state index in [1.165, 1.54) is 5.56 Å². The van der Waals surface area contributed by atoms with E-state index in [9.17, 15) is 0 Å². The lowest BCUT2D eigenvalue weighted by Gasteiger charge is -2.02. The number of ether oxygens (including phenoxy) is 1. The number of aromatic nitrogens is 2. The van der Waals surface area contributed by atoms with E-state index < -0.39 is 0 Å². The summed E-state index contributed by atoms with van der Waals surface area (Å²) < 4.78 is 5.61. The van der Waals surface area contributed by atoms with Crippen LogP contribution < -0.4 is 4.74 Å². The molecule has 1 aliphatic rings. The summed E-state index contributed by atoms with van der Waals surface area (Å²) >= 11 is 7.28. The molecule has 0 aliphatic carbocycles. The number of benzene rings is 1. The molecule has 0 amide bonds. The van der Waals surface area contributed by atoms with Gasteiger partial charge in [0.2, 0.25) is 0 Å². The third-order valence-electron chi connectivity index (χ3n) is 2.59.